The lowest BCUT2D eigenvalue weighted by atomic mass is 10.0. The Balaban J connectivity index is 2.39. The van der Waals surface area contributed by atoms with Crippen molar-refractivity contribution >= 4 is 0 Å². The van der Waals surface area contributed by atoms with Crippen molar-refractivity contribution in [3.8, 4) is 0 Å². The topological polar surface area (TPSA) is 29.5 Å². The van der Waals surface area contributed by atoms with Gasteiger partial charge in [-0.15, -0.1) is 0 Å². The van der Waals surface area contributed by atoms with Gasteiger partial charge in [0, 0.05) is 13.7 Å². The Bertz CT molecular complexity index is 254. The molecule has 1 rings (SSSR count). The zero-order chi connectivity index (χ0) is 10.4. The lowest BCUT2D eigenvalue weighted by Gasteiger charge is -2.09. The Kier molecular flexibility index (Phi) is 4.63. The first-order valence-corrected chi connectivity index (χ1v) is 4.95. The third kappa shape index (κ3) is 3.90. The number of aliphatic hydroxyl groups is 1. The lowest BCUT2D eigenvalue weighted by molar-refractivity contribution is 0.110. The summed E-state index contributed by atoms with van der Waals surface area (Å²) in [5, 5.41) is 9.62. The summed E-state index contributed by atoms with van der Waals surface area (Å²) in [6.45, 7) is 2.68. The minimum atomic E-state index is -0.294. The Hall–Kier alpha value is -0.860. The van der Waals surface area contributed by atoms with Crippen LogP contribution >= 0.6 is 0 Å². The Morgan fingerprint density at radius 2 is 1.93 bits per heavy atom. The van der Waals surface area contributed by atoms with Gasteiger partial charge < -0.3 is 9.84 Å². The highest BCUT2D eigenvalue weighted by Gasteiger charge is 2.04. The fraction of sp³-hybridized carbons (Fsp3) is 0.500. The van der Waals surface area contributed by atoms with Gasteiger partial charge in [-0.05, 0) is 25.3 Å². The molecule has 0 aliphatic rings. The van der Waals surface area contributed by atoms with Crippen LogP contribution in [0.2, 0.25) is 0 Å². The van der Waals surface area contributed by atoms with Crippen LogP contribution in [0.15, 0.2) is 24.3 Å². The molecule has 0 heterocycles. The molecule has 0 saturated carbocycles. The van der Waals surface area contributed by atoms with E-state index in [1.54, 1.807) is 7.11 Å². The normalized spacial score (nSPS) is 12.8. The number of methoxy groups -OCH3 is 1. The van der Waals surface area contributed by atoms with Crippen LogP contribution in [0, 0.1) is 6.92 Å². The van der Waals surface area contributed by atoms with Gasteiger partial charge in [0.1, 0.15) is 0 Å². The molecule has 0 aromatic heterocycles. The van der Waals surface area contributed by atoms with Crippen LogP contribution in [0.1, 0.15) is 17.5 Å². The van der Waals surface area contributed by atoms with Gasteiger partial charge >= 0.3 is 0 Å². The second-order valence-electron chi connectivity index (χ2n) is 3.63. The quantitative estimate of drug-likeness (QED) is 0.776. The highest BCUT2D eigenvalue weighted by atomic mass is 16.5. The van der Waals surface area contributed by atoms with Crippen LogP contribution in [-0.4, -0.2) is 24.9 Å². The summed E-state index contributed by atoms with van der Waals surface area (Å²) >= 11 is 0. The molecule has 0 aliphatic carbocycles. The molecule has 0 amide bonds. The van der Waals surface area contributed by atoms with E-state index in [-0.39, 0.29) is 6.10 Å². The summed E-state index contributed by atoms with van der Waals surface area (Å²) in [6, 6.07) is 8.26. The summed E-state index contributed by atoms with van der Waals surface area (Å²) in [7, 11) is 1.65. The molecule has 1 aromatic rings. The molecule has 1 atom stereocenters. The Morgan fingerprint density at radius 3 is 2.50 bits per heavy atom. The Labute approximate surface area is 85.5 Å². The van der Waals surface area contributed by atoms with Gasteiger partial charge in [0.15, 0.2) is 0 Å². The molecule has 0 fully saturated rings. The van der Waals surface area contributed by atoms with Crippen LogP contribution in [0.4, 0.5) is 0 Å². The molecule has 1 N–H and O–H groups in total. The summed E-state index contributed by atoms with van der Waals surface area (Å²) < 4.78 is 4.91. The lowest BCUT2D eigenvalue weighted by Crippen LogP contribution is -2.12. The predicted molar refractivity (Wildman–Crippen MR) is 57.4 cm³/mol. The number of hydrogen-bond donors (Lipinski definition) is 1. The number of aliphatic hydroxyl groups excluding tert-OH is 1. The van der Waals surface area contributed by atoms with E-state index in [9.17, 15) is 5.11 Å². The van der Waals surface area contributed by atoms with Gasteiger partial charge in [-0.25, -0.2) is 0 Å². The third-order valence-corrected chi connectivity index (χ3v) is 2.25. The third-order valence-electron chi connectivity index (χ3n) is 2.25. The molecule has 0 spiro atoms. The molecule has 1 unspecified atom stereocenters. The van der Waals surface area contributed by atoms with Crippen molar-refractivity contribution < 1.29 is 9.84 Å². The maximum Gasteiger partial charge on any atom is 0.0602 e. The molecule has 78 valence electrons. The van der Waals surface area contributed by atoms with E-state index >= 15 is 0 Å². The van der Waals surface area contributed by atoms with E-state index in [0.717, 1.165) is 0 Å². The van der Waals surface area contributed by atoms with Crippen molar-refractivity contribution in [2.24, 2.45) is 0 Å². The van der Waals surface area contributed by atoms with Crippen LogP contribution in [0.5, 0.6) is 0 Å². The molecule has 0 radical (unpaired) electrons. The maximum atomic E-state index is 9.62. The maximum absolute atomic E-state index is 9.62. The highest BCUT2D eigenvalue weighted by molar-refractivity contribution is 5.21. The minimum Gasteiger partial charge on any atom is -0.393 e. The van der Waals surface area contributed by atoms with Crippen molar-refractivity contribution in [1.82, 2.24) is 0 Å². The van der Waals surface area contributed by atoms with Crippen LogP contribution < -0.4 is 0 Å². The van der Waals surface area contributed by atoms with E-state index in [0.29, 0.717) is 19.4 Å². The molecule has 0 saturated heterocycles. The van der Waals surface area contributed by atoms with Gasteiger partial charge in [-0.2, -0.15) is 0 Å². The first-order valence-electron chi connectivity index (χ1n) is 4.95. The number of ether oxygens (including phenoxy) is 1. The molecule has 2 heteroatoms. The first kappa shape index (κ1) is 11.2. The highest BCUT2D eigenvalue weighted by Crippen LogP contribution is 2.07. The Morgan fingerprint density at radius 1 is 1.29 bits per heavy atom. The van der Waals surface area contributed by atoms with E-state index < -0.39 is 0 Å². The molecule has 2 nitrogen and oxygen atoms in total. The van der Waals surface area contributed by atoms with Gasteiger partial charge in [0.25, 0.3) is 0 Å². The minimum absolute atomic E-state index is 0.294. The van der Waals surface area contributed by atoms with Gasteiger partial charge in [-0.3, -0.25) is 0 Å². The summed E-state index contributed by atoms with van der Waals surface area (Å²) in [6.07, 6.45) is 1.12. The number of aryl methyl sites for hydroxylation is 1. The number of benzene rings is 1. The zero-order valence-corrected chi connectivity index (χ0v) is 8.86. The standard InChI is InChI=1S/C12H18O2/c1-10-3-5-11(6-4-10)9-12(13)7-8-14-2/h3-6,12-13H,7-9H2,1-2H3. The van der Waals surface area contributed by atoms with Gasteiger partial charge in [-0.1, -0.05) is 29.8 Å². The molecule has 1 aromatic carbocycles. The zero-order valence-electron chi connectivity index (χ0n) is 8.86. The smallest absolute Gasteiger partial charge is 0.0602 e. The fourth-order valence-electron chi connectivity index (χ4n) is 1.35. The van der Waals surface area contributed by atoms with E-state index in [4.69, 9.17) is 4.74 Å². The molecule has 14 heavy (non-hydrogen) atoms. The largest absolute Gasteiger partial charge is 0.393 e. The van der Waals surface area contributed by atoms with Crippen LogP contribution in [-0.2, 0) is 11.2 Å². The van der Waals surface area contributed by atoms with Crippen LogP contribution in [0.3, 0.4) is 0 Å². The van der Waals surface area contributed by atoms with Crippen molar-refractivity contribution in [1.29, 1.82) is 0 Å². The summed E-state index contributed by atoms with van der Waals surface area (Å²) in [5.41, 5.74) is 2.43. The molecular formula is C12H18O2. The second-order valence-corrected chi connectivity index (χ2v) is 3.63. The monoisotopic (exact) mass is 194 g/mol. The van der Waals surface area contributed by atoms with E-state index in [1.807, 2.05) is 0 Å². The van der Waals surface area contributed by atoms with Gasteiger partial charge in [0.2, 0.25) is 0 Å². The molecular weight excluding hydrogens is 176 g/mol. The fourth-order valence-corrected chi connectivity index (χ4v) is 1.35. The van der Waals surface area contributed by atoms with Crippen molar-refractivity contribution in [2.45, 2.75) is 25.9 Å². The van der Waals surface area contributed by atoms with E-state index in [1.165, 1.54) is 11.1 Å². The average Bonchev–Trinajstić information content (AvgIpc) is 2.18. The summed E-state index contributed by atoms with van der Waals surface area (Å²) in [4.78, 5) is 0. The van der Waals surface area contributed by atoms with Crippen molar-refractivity contribution in [3.63, 3.8) is 0 Å². The molecule has 0 aliphatic heterocycles. The van der Waals surface area contributed by atoms with Crippen LogP contribution in [0.25, 0.3) is 0 Å². The second kappa shape index (κ2) is 5.78. The number of rotatable bonds is 5. The summed E-state index contributed by atoms with van der Waals surface area (Å²) in [5.74, 6) is 0. The SMILES string of the molecule is COCCC(O)Cc1ccc(C)cc1. The molecule has 0 bridgehead atoms. The average molecular weight is 194 g/mol. The van der Waals surface area contributed by atoms with E-state index in [2.05, 4.69) is 31.2 Å². The number of hydrogen-bond acceptors (Lipinski definition) is 2. The van der Waals surface area contributed by atoms with Gasteiger partial charge in [0.05, 0.1) is 6.10 Å². The first-order chi connectivity index (χ1) is 6.72. The van der Waals surface area contributed by atoms with Crippen molar-refractivity contribution in [3.05, 3.63) is 35.4 Å². The predicted octanol–water partition coefficient (Wildman–Crippen LogP) is 1.93. The van der Waals surface area contributed by atoms with Crippen molar-refractivity contribution in [2.75, 3.05) is 13.7 Å².